The summed E-state index contributed by atoms with van der Waals surface area (Å²) in [5, 5.41) is 1.85. The molecule has 2 heterocycles. The molecule has 1 aromatic heterocycles. The number of ether oxygens (including phenoxy) is 1. The average Bonchev–Trinajstić information content (AvgIpc) is 2.74. The summed E-state index contributed by atoms with van der Waals surface area (Å²) in [4.78, 5) is 14.6. The van der Waals surface area contributed by atoms with Gasteiger partial charge in [0.05, 0.1) is 18.4 Å². The number of nitrogens with two attached hydrogens (primary N) is 1. The first-order valence-electron chi connectivity index (χ1n) is 5.46. The molecule has 1 amide bonds. The van der Waals surface area contributed by atoms with Crippen LogP contribution in [0.25, 0.3) is 0 Å². The van der Waals surface area contributed by atoms with E-state index in [0.29, 0.717) is 30.3 Å². The average molecular weight is 240 g/mol. The summed E-state index contributed by atoms with van der Waals surface area (Å²) in [6, 6.07) is 1.77. The largest absolute Gasteiger partial charge is 0.397 e. The third-order valence-electron chi connectivity index (χ3n) is 2.77. The summed E-state index contributed by atoms with van der Waals surface area (Å²) >= 11 is 1.40. The minimum atomic E-state index is 0.0363. The number of hydrogen-bond acceptors (Lipinski definition) is 4. The van der Waals surface area contributed by atoms with Gasteiger partial charge in [0.2, 0.25) is 0 Å². The molecule has 1 fully saturated rings. The third kappa shape index (κ3) is 2.20. The minimum Gasteiger partial charge on any atom is -0.397 e. The molecule has 1 saturated heterocycles. The van der Waals surface area contributed by atoms with Gasteiger partial charge in [0.25, 0.3) is 5.91 Å². The number of morpholine rings is 1. The van der Waals surface area contributed by atoms with E-state index in [1.165, 1.54) is 11.3 Å². The Morgan fingerprint density at radius 1 is 1.75 bits per heavy atom. The number of thiophene rings is 1. The zero-order chi connectivity index (χ0) is 11.5. The quantitative estimate of drug-likeness (QED) is 0.854. The van der Waals surface area contributed by atoms with E-state index >= 15 is 0 Å². The summed E-state index contributed by atoms with van der Waals surface area (Å²) in [7, 11) is 0. The lowest BCUT2D eigenvalue weighted by atomic mass is 10.2. The second-order valence-corrected chi connectivity index (χ2v) is 4.77. The van der Waals surface area contributed by atoms with E-state index in [9.17, 15) is 4.79 Å². The second kappa shape index (κ2) is 4.84. The van der Waals surface area contributed by atoms with Gasteiger partial charge in [-0.3, -0.25) is 4.79 Å². The van der Waals surface area contributed by atoms with Crippen LogP contribution in [0, 0.1) is 0 Å². The van der Waals surface area contributed by atoms with Crippen molar-refractivity contribution in [3.63, 3.8) is 0 Å². The van der Waals surface area contributed by atoms with Crippen molar-refractivity contribution in [3.8, 4) is 0 Å². The molecule has 2 N–H and O–H groups in total. The summed E-state index contributed by atoms with van der Waals surface area (Å²) in [5.41, 5.74) is 6.33. The van der Waals surface area contributed by atoms with Gasteiger partial charge in [0.1, 0.15) is 4.88 Å². The molecule has 1 atom stereocenters. The first-order valence-corrected chi connectivity index (χ1v) is 6.34. The van der Waals surface area contributed by atoms with Gasteiger partial charge < -0.3 is 15.4 Å². The van der Waals surface area contributed by atoms with E-state index in [0.717, 1.165) is 6.42 Å². The van der Waals surface area contributed by atoms with Crippen LogP contribution in [0.3, 0.4) is 0 Å². The van der Waals surface area contributed by atoms with Crippen LogP contribution in [0.1, 0.15) is 23.0 Å². The maximum Gasteiger partial charge on any atom is 0.266 e. The normalized spacial score (nSPS) is 21.1. The molecule has 88 valence electrons. The van der Waals surface area contributed by atoms with E-state index in [1.54, 1.807) is 6.07 Å². The van der Waals surface area contributed by atoms with E-state index in [1.807, 2.05) is 10.3 Å². The van der Waals surface area contributed by atoms with E-state index in [4.69, 9.17) is 10.5 Å². The number of nitrogen functional groups attached to an aromatic ring is 1. The Bertz CT molecular complexity index is 378. The van der Waals surface area contributed by atoms with Gasteiger partial charge in [-0.1, -0.05) is 6.92 Å². The van der Waals surface area contributed by atoms with Gasteiger partial charge >= 0.3 is 0 Å². The molecule has 0 radical (unpaired) electrons. The number of nitrogens with zero attached hydrogens (tertiary/aromatic N) is 1. The lowest BCUT2D eigenvalue weighted by Gasteiger charge is -2.32. The zero-order valence-electron chi connectivity index (χ0n) is 9.31. The van der Waals surface area contributed by atoms with Crippen molar-refractivity contribution < 1.29 is 9.53 Å². The monoisotopic (exact) mass is 240 g/mol. The van der Waals surface area contributed by atoms with E-state index in [-0.39, 0.29) is 12.0 Å². The summed E-state index contributed by atoms with van der Waals surface area (Å²) in [5.74, 6) is 0.0363. The highest BCUT2D eigenvalue weighted by atomic mass is 32.1. The Labute approximate surface area is 99.0 Å². The van der Waals surface area contributed by atoms with Crippen molar-refractivity contribution in [2.45, 2.75) is 19.4 Å². The predicted molar refractivity (Wildman–Crippen MR) is 64.7 cm³/mol. The van der Waals surface area contributed by atoms with Gasteiger partial charge in [-0.05, 0) is 17.9 Å². The van der Waals surface area contributed by atoms with Crippen molar-refractivity contribution in [2.24, 2.45) is 0 Å². The number of rotatable bonds is 2. The van der Waals surface area contributed by atoms with Crippen LogP contribution < -0.4 is 5.73 Å². The highest BCUT2D eigenvalue weighted by Crippen LogP contribution is 2.22. The highest BCUT2D eigenvalue weighted by Gasteiger charge is 2.25. The summed E-state index contributed by atoms with van der Waals surface area (Å²) in [6.07, 6.45) is 1.10. The molecule has 0 saturated carbocycles. The first-order chi connectivity index (χ1) is 7.72. The Kier molecular flexibility index (Phi) is 3.46. The molecule has 16 heavy (non-hydrogen) atoms. The number of amides is 1. The van der Waals surface area contributed by atoms with Crippen LogP contribution in [-0.2, 0) is 4.74 Å². The Balaban J connectivity index is 2.07. The maximum atomic E-state index is 12.1. The molecule has 0 aromatic carbocycles. The van der Waals surface area contributed by atoms with Crippen molar-refractivity contribution in [1.82, 2.24) is 4.90 Å². The van der Waals surface area contributed by atoms with Crippen LogP contribution in [0.15, 0.2) is 11.4 Å². The van der Waals surface area contributed by atoms with Gasteiger partial charge in [-0.15, -0.1) is 11.3 Å². The van der Waals surface area contributed by atoms with Crippen molar-refractivity contribution in [3.05, 3.63) is 16.3 Å². The molecule has 1 aliphatic heterocycles. The number of carbonyl (C=O) groups excluding carboxylic acids is 1. The molecule has 0 aliphatic carbocycles. The van der Waals surface area contributed by atoms with Crippen LogP contribution in [0.5, 0.6) is 0 Å². The Morgan fingerprint density at radius 2 is 2.56 bits per heavy atom. The number of anilines is 1. The second-order valence-electron chi connectivity index (χ2n) is 3.86. The zero-order valence-corrected chi connectivity index (χ0v) is 10.1. The molecule has 0 bridgehead atoms. The summed E-state index contributed by atoms with van der Waals surface area (Å²) < 4.78 is 5.53. The molecule has 1 unspecified atom stereocenters. The molecule has 0 spiro atoms. The van der Waals surface area contributed by atoms with Gasteiger partial charge in [-0.25, -0.2) is 0 Å². The topological polar surface area (TPSA) is 55.6 Å². The van der Waals surface area contributed by atoms with Crippen molar-refractivity contribution >= 4 is 22.9 Å². The van der Waals surface area contributed by atoms with Gasteiger partial charge in [-0.2, -0.15) is 0 Å². The Morgan fingerprint density at radius 3 is 3.19 bits per heavy atom. The lowest BCUT2D eigenvalue weighted by Crippen LogP contribution is -2.45. The fraction of sp³-hybridized carbons (Fsp3) is 0.545. The van der Waals surface area contributed by atoms with Gasteiger partial charge in [0.15, 0.2) is 0 Å². The van der Waals surface area contributed by atoms with E-state index in [2.05, 4.69) is 6.92 Å². The van der Waals surface area contributed by atoms with Crippen LogP contribution in [-0.4, -0.2) is 36.6 Å². The first kappa shape index (κ1) is 11.4. The molecular formula is C11H16N2O2S. The molecule has 5 heteroatoms. The SMILES string of the molecule is CCC1CN(C(=O)c2sccc2N)CCO1. The van der Waals surface area contributed by atoms with Gasteiger partial charge in [0, 0.05) is 13.1 Å². The predicted octanol–water partition coefficient (Wildman–Crippen LogP) is 1.58. The maximum absolute atomic E-state index is 12.1. The van der Waals surface area contributed by atoms with Crippen LogP contribution in [0.4, 0.5) is 5.69 Å². The smallest absolute Gasteiger partial charge is 0.266 e. The fourth-order valence-corrected chi connectivity index (χ4v) is 2.57. The third-order valence-corrected chi connectivity index (χ3v) is 3.69. The standard InChI is InChI=1S/C11H16N2O2S/c1-2-8-7-13(4-5-15-8)11(14)10-9(12)3-6-16-10/h3,6,8H,2,4-5,7,12H2,1H3. The summed E-state index contributed by atoms with van der Waals surface area (Å²) in [6.45, 7) is 4.02. The number of hydrogen-bond donors (Lipinski definition) is 1. The molecule has 2 rings (SSSR count). The minimum absolute atomic E-state index is 0.0363. The van der Waals surface area contributed by atoms with Crippen LogP contribution >= 0.6 is 11.3 Å². The Hall–Kier alpha value is -1.07. The van der Waals surface area contributed by atoms with Crippen LogP contribution in [0.2, 0.25) is 0 Å². The molecule has 4 nitrogen and oxygen atoms in total. The molecule has 1 aromatic rings. The lowest BCUT2D eigenvalue weighted by molar-refractivity contribution is -0.0224. The van der Waals surface area contributed by atoms with Crippen molar-refractivity contribution in [2.75, 3.05) is 25.4 Å². The van der Waals surface area contributed by atoms with Crippen molar-refractivity contribution in [1.29, 1.82) is 0 Å². The number of carbonyl (C=O) groups is 1. The van der Waals surface area contributed by atoms with E-state index < -0.39 is 0 Å². The molecule has 1 aliphatic rings. The highest BCUT2D eigenvalue weighted by molar-refractivity contribution is 7.12. The molecular weight excluding hydrogens is 224 g/mol. The fourth-order valence-electron chi connectivity index (χ4n) is 1.79.